The second-order valence-corrected chi connectivity index (χ2v) is 7.58. The number of guanidine groups is 1. The molecule has 0 saturated carbocycles. The van der Waals surface area contributed by atoms with Gasteiger partial charge in [-0.15, -0.1) is 0 Å². The van der Waals surface area contributed by atoms with Gasteiger partial charge >= 0.3 is 0 Å². The highest BCUT2D eigenvalue weighted by atomic mass is 16.5. The first-order valence-electron chi connectivity index (χ1n) is 10.6. The van der Waals surface area contributed by atoms with Gasteiger partial charge in [-0.1, -0.05) is 24.3 Å². The van der Waals surface area contributed by atoms with E-state index >= 15 is 0 Å². The number of likely N-dealkylation sites (N-methyl/N-ethyl adjacent to an activating group) is 1. The number of pyridine rings is 1. The lowest BCUT2D eigenvalue weighted by Crippen LogP contribution is -2.53. The lowest BCUT2D eigenvalue weighted by Gasteiger charge is -2.37. The standard InChI is InChI=1S/C23H34N6O/c1-5-24-23(29-16-14-28(15-17-29)22-12-8-9-13-25-22)26-18-20(27(2)3)19-10-6-7-11-21(19)30-4/h6-13,20H,5,14-18H2,1-4H3,(H,24,26). The third kappa shape index (κ3) is 5.42. The molecule has 0 amide bonds. The molecule has 162 valence electrons. The lowest BCUT2D eigenvalue weighted by molar-refractivity contribution is 0.293. The molecule has 0 radical (unpaired) electrons. The molecule has 1 unspecified atom stereocenters. The molecule has 2 aromatic rings. The molecule has 1 atom stereocenters. The topological polar surface area (TPSA) is 56.2 Å². The van der Waals surface area contributed by atoms with E-state index in [1.165, 1.54) is 0 Å². The normalized spacial score (nSPS) is 16.0. The Balaban J connectivity index is 1.70. The van der Waals surface area contributed by atoms with Crippen LogP contribution >= 0.6 is 0 Å². The second kappa shape index (κ2) is 10.8. The van der Waals surface area contributed by atoms with Crippen LogP contribution in [-0.4, -0.2) is 81.2 Å². The molecule has 30 heavy (non-hydrogen) atoms. The Morgan fingerprint density at radius 2 is 1.87 bits per heavy atom. The van der Waals surface area contributed by atoms with E-state index in [0.29, 0.717) is 6.54 Å². The first-order valence-corrected chi connectivity index (χ1v) is 10.6. The summed E-state index contributed by atoms with van der Waals surface area (Å²) in [6, 6.07) is 14.4. The zero-order chi connectivity index (χ0) is 21.3. The summed E-state index contributed by atoms with van der Waals surface area (Å²) in [5.74, 6) is 2.92. The van der Waals surface area contributed by atoms with Crippen molar-refractivity contribution >= 4 is 11.8 Å². The number of para-hydroxylation sites is 1. The maximum absolute atomic E-state index is 5.59. The van der Waals surface area contributed by atoms with Crippen LogP contribution < -0.4 is 15.0 Å². The molecular formula is C23H34N6O. The first kappa shape index (κ1) is 21.9. The van der Waals surface area contributed by atoms with Crippen molar-refractivity contribution in [2.75, 3.05) is 65.4 Å². The molecule has 7 heteroatoms. The summed E-state index contributed by atoms with van der Waals surface area (Å²) in [5.41, 5.74) is 1.16. The maximum atomic E-state index is 5.59. The summed E-state index contributed by atoms with van der Waals surface area (Å²) >= 11 is 0. The van der Waals surface area contributed by atoms with Crippen molar-refractivity contribution in [3.63, 3.8) is 0 Å². The van der Waals surface area contributed by atoms with Crippen molar-refractivity contribution in [2.24, 2.45) is 4.99 Å². The molecule has 1 aromatic carbocycles. The Morgan fingerprint density at radius 3 is 2.50 bits per heavy atom. The number of aliphatic imine (C=N–C) groups is 1. The smallest absolute Gasteiger partial charge is 0.194 e. The Hall–Kier alpha value is -2.80. The van der Waals surface area contributed by atoms with Crippen molar-refractivity contribution in [3.05, 3.63) is 54.2 Å². The van der Waals surface area contributed by atoms with E-state index in [4.69, 9.17) is 9.73 Å². The molecule has 0 aliphatic carbocycles. The van der Waals surface area contributed by atoms with Crippen molar-refractivity contribution in [3.8, 4) is 5.75 Å². The Morgan fingerprint density at radius 1 is 1.13 bits per heavy atom. The monoisotopic (exact) mass is 410 g/mol. The molecule has 7 nitrogen and oxygen atoms in total. The molecule has 0 bridgehead atoms. The van der Waals surface area contributed by atoms with Crippen LogP contribution in [0, 0.1) is 0 Å². The van der Waals surface area contributed by atoms with E-state index in [-0.39, 0.29) is 6.04 Å². The first-order chi connectivity index (χ1) is 14.6. The van der Waals surface area contributed by atoms with Crippen LogP contribution in [0.5, 0.6) is 5.75 Å². The number of hydrogen-bond acceptors (Lipinski definition) is 5. The number of aromatic nitrogens is 1. The summed E-state index contributed by atoms with van der Waals surface area (Å²) in [4.78, 5) is 16.4. The number of rotatable bonds is 7. The number of hydrogen-bond donors (Lipinski definition) is 1. The van der Waals surface area contributed by atoms with Gasteiger partial charge in [0.2, 0.25) is 0 Å². The fourth-order valence-corrected chi connectivity index (χ4v) is 3.77. The minimum atomic E-state index is 0.143. The summed E-state index contributed by atoms with van der Waals surface area (Å²) in [6.45, 7) is 7.34. The van der Waals surface area contributed by atoms with Crippen molar-refractivity contribution < 1.29 is 4.74 Å². The third-order valence-electron chi connectivity index (χ3n) is 5.42. The quantitative estimate of drug-likeness (QED) is 0.559. The van der Waals surface area contributed by atoms with E-state index in [1.54, 1.807) is 7.11 Å². The van der Waals surface area contributed by atoms with E-state index in [0.717, 1.165) is 55.8 Å². The Kier molecular flexibility index (Phi) is 7.90. The van der Waals surface area contributed by atoms with Gasteiger partial charge < -0.3 is 24.8 Å². The highest BCUT2D eigenvalue weighted by molar-refractivity contribution is 5.80. The second-order valence-electron chi connectivity index (χ2n) is 7.58. The number of methoxy groups -OCH3 is 1. The number of anilines is 1. The van der Waals surface area contributed by atoms with E-state index < -0.39 is 0 Å². The van der Waals surface area contributed by atoms with Gasteiger partial charge in [0.25, 0.3) is 0 Å². The molecule has 1 N–H and O–H groups in total. The molecule has 1 aromatic heterocycles. The minimum Gasteiger partial charge on any atom is -0.496 e. The summed E-state index contributed by atoms with van der Waals surface area (Å²) < 4.78 is 5.59. The maximum Gasteiger partial charge on any atom is 0.194 e. The third-order valence-corrected chi connectivity index (χ3v) is 5.42. The number of piperazine rings is 1. The molecule has 1 saturated heterocycles. The predicted octanol–water partition coefficient (Wildman–Crippen LogP) is 2.48. The molecule has 1 aliphatic heterocycles. The van der Waals surface area contributed by atoms with Gasteiger partial charge in [-0.2, -0.15) is 0 Å². The highest BCUT2D eigenvalue weighted by Gasteiger charge is 2.22. The van der Waals surface area contributed by atoms with Gasteiger partial charge in [0, 0.05) is 44.5 Å². The van der Waals surface area contributed by atoms with Gasteiger partial charge in [-0.25, -0.2) is 4.98 Å². The van der Waals surface area contributed by atoms with Crippen LogP contribution in [0.15, 0.2) is 53.7 Å². The predicted molar refractivity (Wildman–Crippen MR) is 123 cm³/mol. The fraction of sp³-hybridized carbons (Fsp3) is 0.478. The SMILES string of the molecule is CCNC(=NCC(c1ccccc1OC)N(C)C)N1CCN(c2ccccn2)CC1. The van der Waals surface area contributed by atoms with Crippen molar-refractivity contribution in [1.29, 1.82) is 0 Å². The Bertz CT molecular complexity index is 802. The van der Waals surface area contributed by atoms with Crippen LogP contribution in [-0.2, 0) is 0 Å². The largest absolute Gasteiger partial charge is 0.496 e. The summed E-state index contributed by atoms with van der Waals surface area (Å²) in [7, 11) is 5.90. The van der Waals surface area contributed by atoms with Gasteiger partial charge in [-0.05, 0) is 39.2 Å². The van der Waals surface area contributed by atoms with Gasteiger partial charge in [0.05, 0.1) is 19.7 Å². The van der Waals surface area contributed by atoms with E-state index in [9.17, 15) is 0 Å². The lowest BCUT2D eigenvalue weighted by atomic mass is 10.0. The van der Waals surface area contributed by atoms with E-state index in [2.05, 4.69) is 64.2 Å². The Labute approximate surface area is 180 Å². The van der Waals surface area contributed by atoms with Crippen molar-refractivity contribution in [2.45, 2.75) is 13.0 Å². The number of ether oxygens (including phenoxy) is 1. The van der Waals surface area contributed by atoms with Crippen molar-refractivity contribution in [1.82, 2.24) is 20.1 Å². The highest BCUT2D eigenvalue weighted by Crippen LogP contribution is 2.28. The summed E-state index contributed by atoms with van der Waals surface area (Å²) in [6.07, 6.45) is 1.85. The van der Waals surface area contributed by atoms with Crippen LogP contribution in [0.25, 0.3) is 0 Å². The van der Waals surface area contributed by atoms with Gasteiger partial charge in [0.1, 0.15) is 11.6 Å². The average molecular weight is 411 g/mol. The van der Waals surface area contributed by atoms with Gasteiger partial charge in [-0.3, -0.25) is 4.99 Å². The molecular weight excluding hydrogens is 376 g/mol. The van der Waals surface area contributed by atoms with Crippen LogP contribution in [0.1, 0.15) is 18.5 Å². The number of nitrogens with one attached hydrogen (secondary N) is 1. The zero-order valence-corrected chi connectivity index (χ0v) is 18.6. The summed E-state index contributed by atoms with van der Waals surface area (Å²) in [5, 5.41) is 3.47. The minimum absolute atomic E-state index is 0.143. The molecule has 1 fully saturated rings. The zero-order valence-electron chi connectivity index (χ0n) is 18.6. The molecule has 0 spiro atoms. The number of nitrogens with zero attached hydrogens (tertiary/aromatic N) is 5. The molecule has 2 heterocycles. The van der Waals surface area contributed by atoms with Gasteiger partial charge in [0.15, 0.2) is 5.96 Å². The number of benzene rings is 1. The van der Waals surface area contributed by atoms with Crippen LogP contribution in [0.4, 0.5) is 5.82 Å². The average Bonchev–Trinajstić information content (AvgIpc) is 2.79. The fourth-order valence-electron chi connectivity index (χ4n) is 3.77. The van der Waals surface area contributed by atoms with Crippen LogP contribution in [0.2, 0.25) is 0 Å². The van der Waals surface area contributed by atoms with E-state index in [1.807, 2.05) is 30.5 Å². The molecule has 1 aliphatic rings. The van der Waals surface area contributed by atoms with Crippen LogP contribution in [0.3, 0.4) is 0 Å². The molecule has 3 rings (SSSR count).